The molecule has 0 fully saturated rings. The average Bonchev–Trinajstić information content (AvgIpc) is 2.36. The highest BCUT2D eigenvalue weighted by Gasteiger charge is 1.99. The van der Waals surface area contributed by atoms with Crippen molar-refractivity contribution < 1.29 is 4.74 Å². The number of hydrogen-bond donors (Lipinski definition) is 2. The van der Waals surface area contributed by atoms with E-state index in [1.807, 2.05) is 0 Å². The molecule has 4 nitrogen and oxygen atoms in total. The fourth-order valence-corrected chi connectivity index (χ4v) is 2.03. The fraction of sp³-hybridized carbons (Fsp3) is 0.533. The number of benzene rings is 1. The fourth-order valence-electron chi connectivity index (χ4n) is 2.03. The Morgan fingerprint density at radius 3 is 2.25 bits per heavy atom. The molecule has 1 rings (SSSR count). The molecule has 20 heavy (non-hydrogen) atoms. The maximum absolute atomic E-state index is 4.99. The van der Waals surface area contributed by atoms with E-state index in [-0.39, 0.29) is 24.0 Å². The summed E-state index contributed by atoms with van der Waals surface area (Å²) < 4.78 is 4.99. The maximum Gasteiger partial charge on any atom is 0.191 e. The Morgan fingerprint density at radius 2 is 1.70 bits per heavy atom. The third-order valence-corrected chi connectivity index (χ3v) is 2.81. The van der Waals surface area contributed by atoms with Crippen LogP contribution in [0.25, 0.3) is 0 Å². The van der Waals surface area contributed by atoms with E-state index >= 15 is 0 Å². The van der Waals surface area contributed by atoms with Gasteiger partial charge in [0.1, 0.15) is 0 Å². The Balaban J connectivity index is 0.00000361. The Morgan fingerprint density at radius 1 is 1.10 bits per heavy atom. The van der Waals surface area contributed by atoms with Gasteiger partial charge >= 0.3 is 0 Å². The van der Waals surface area contributed by atoms with E-state index in [0.717, 1.165) is 25.5 Å². The molecule has 0 atom stereocenters. The Labute approximate surface area is 139 Å². The number of aliphatic imine (C=N–C) groups is 1. The van der Waals surface area contributed by atoms with Crippen molar-refractivity contribution in [1.82, 2.24) is 10.6 Å². The van der Waals surface area contributed by atoms with Gasteiger partial charge in [-0.25, -0.2) is 0 Å². The zero-order valence-electron chi connectivity index (χ0n) is 12.8. The third kappa shape index (κ3) is 7.69. The van der Waals surface area contributed by atoms with E-state index in [4.69, 9.17) is 4.74 Å². The lowest BCUT2D eigenvalue weighted by atomic mass is 10.1. The summed E-state index contributed by atoms with van der Waals surface area (Å²) in [5.41, 5.74) is 3.99. The molecule has 5 heteroatoms. The lowest BCUT2D eigenvalue weighted by molar-refractivity contribution is 0.203. The molecule has 0 saturated carbocycles. The molecular formula is C15H26IN3O. The van der Waals surface area contributed by atoms with Gasteiger partial charge in [-0.2, -0.15) is 0 Å². The summed E-state index contributed by atoms with van der Waals surface area (Å²) in [5, 5.41) is 6.49. The van der Waals surface area contributed by atoms with Crippen LogP contribution in [0, 0.1) is 13.8 Å². The summed E-state index contributed by atoms with van der Waals surface area (Å²) in [5.74, 6) is 0.821. The van der Waals surface area contributed by atoms with Crippen molar-refractivity contribution in [3.05, 3.63) is 34.9 Å². The smallest absolute Gasteiger partial charge is 0.191 e. The molecule has 0 aliphatic heterocycles. The molecule has 0 radical (unpaired) electrons. The van der Waals surface area contributed by atoms with Gasteiger partial charge in [-0.3, -0.25) is 4.99 Å². The quantitative estimate of drug-likeness (QED) is 0.339. The minimum atomic E-state index is 0. The second-order valence-corrected chi connectivity index (χ2v) is 4.66. The van der Waals surface area contributed by atoms with Crippen LogP contribution < -0.4 is 10.6 Å². The third-order valence-electron chi connectivity index (χ3n) is 2.81. The molecule has 2 N–H and O–H groups in total. The highest BCUT2D eigenvalue weighted by atomic mass is 127. The first-order valence-corrected chi connectivity index (χ1v) is 6.66. The van der Waals surface area contributed by atoms with Gasteiger partial charge in [0, 0.05) is 27.2 Å². The van der Waals surface area contributed by atoms with Crippen LogP contribution in [0.3, 0.4) is 0 Å². The largest absolute Gasteiger partial charge is 0.383 e. The summed E-state index contributed by atoms with van der Waals surface area (Å²) in [6.07, 6.45) is 0.994. The molecular weight excluding hydrogens is 365 g/mol. The van der Waals surface area contributed by atoms with E-state index in [9.17, 15) is 0 Å². The van der Waals surface area contributed by atoms with Crippen molar-refractivity contribution >= 4 is 29.9 Å². The van der Waals surface area contributed by atoms with E-state index in [2.05, 4.69) is 47.7 Å². The summed E-state index contributed by atoms with van der Waals surface area (Å²) in [7, 11) is 3.47. The maximum atomic E-state index is 4.99. The highest BCUT2D eigenvalue weighted by molar-refractivity contribution is 14.0. The number of hydrogen-bond acceptors (Lipinski definition) is 2. The van der Waals surface area contributed by atoms with Crippen molar-refractivity contribution in [2.24, 2.45) is 4.99 Å². The SMILES string of the molecule is CN=C(NCCOC)NCCc1cc(C)cc(C)c1.I. The molecule has 0 bridgehead atoms. The van der Waals surface area contributed by atoms with Crippen LogP contribution in [0.5, 0.6) is 0 Å². The molecule has 0 amide bonds. The van der Waals surface area contributed by atoms with Crippen LogP contribution in [0.2, 0.25) is 0 Å². The van der Waals surface area contributed by atoms with Gasteiger partial charge in [-0.1, -0.05) is 29.3 Å². The Bertz CT molecular complexity index is 401. The van der Waals surface area contributed by atoms with E-state index in [1.165, 1.54) is 16.7 Å². The topological polar surface area (TPSA) is 45.7 Å². The lowest BCUT2D eigenvalue weighted by Crippen LogP contribution is -2.39. The number of ether oxygens (including phenoxy) is 1. The number of methoxy groups -OCH3 is 1. The first-order chi connectivity index (χ1) is 9.15. The molecule has 0 aliphatic carbocycles. The first-order valence-electron chi connectivity index (χ1n) is 6.66. The minimum Gasteiger partial charge on any atom is -0.383 e. The predicted molar refractivity (Wildman–Crippen MR) is 96.3 cm³/mol. The number of guanidine groups is 1. The number of nitrogens with one attached hydrogen (secondary N) is 2. The van der Waals surface area contributed by atoms with Crippen LogP contribution >= 0.6 is 24.0 Å². The first kappa shape index (κ1) is 19.2. The summed E-state index contributed by atoms with van der Waals surface area (Å²) in [6, 6.07) is 6.66. The number of rotatable bonds is 6. The summed E-state index contributed by atoms with van der Waals surface area (Å²) in [6.45, 7) is 6.58. The molecule has 0 unspecified atom stereocenters. The van der Waals surface area contributed by atoms with Gasteiger partial charge < -0.3 is 15.4 Å². The van der Waals surface area contributed by atoms with E-state index < -0.39 is 0 Å². The number of halogens is 1. The van der Waals surface area contributed by atoms with Crippen LogP contribution in [-0.4, -0.2) is 39.8 Å². The van der Waals surface area contributed by atoms with Crippen LogP contribution in [0.4, 0.5) is 0 Å². The Hall–Kier alpha value is -0.820. The molecule has 0 spiro atoms. The van der Waals surface area contributed by atoms with Gasteiger partial charge in [-0.15, -0.1) is 24.0 Å². The van der Waals surface area contributed by atoms with Gasteiger partial charge in [-0.05, 0) is 25.8 Å². The van der Waals surface area contributed by atoms with Crippen molar-refractivity contribution in [2.75, 3.05) is 33.9 Å². The molecule has 1 aromatic carbocycles. The molecule has 114 valence electrons. The average molecular weight is 391 g/mol. The van der Waals surface area contributed by atoms with Gasteiger partial charge in [0.15, 0.2) is 5.96 Å². The normalized spacial score (nSPS) is 10.9. The molecule has 0 heterocycles. The monoisotopic (exact) mass is 391 g/mol. The van der Waals surface area contributed by atoms with Gasteiger partial charge in [0.05, 0.1) is 6.61 Å². The van der Waals surface area contributed by atoms with Gasteiger partial charge in [0.25, 0.3) is 0 Å². The standard InChI is InChI=1S/C15H25N3O.HI/c1-12-9-13(2)11-14(10-12)5-6-17-15(16-3)18-7-8-19-4;/h9-11H,5-8H2,1-4H3,(H2,16,17,18);1H. The Kier molecular flexibility index (Phi) is 10.5. The summed E-state index contributed by atoms with van der Waals surface area (Å²) in [4.78, 5) is 4.17. The minimum absolute atomic E-state index is 0. The van der Waals surface area contributed by atoms with E-state index in [0.29, 0.717) is 6.61 Å². The van der Waals surface area contributed by atoms with Crippen molar-refractivity contribution in [2.45, 2.75) is 20.3 Å². The second-order valence-electron chi connectivity index (χ2n) is 4.66. The molecule has 0 aliphatic rings. The number of aryl methyl sites for hydroxylation is 2. The van der Waals surface area contributed by atoms with Crippen LogP contribution in [0.1, 0.15) is 16.7 Å². The lowest BCUT2D eigenvalue weighted by Gasteiger charge is -2.12. The van der Waals surface area contributed by atoms with Crippen LogP contribution in [0.15, 0.2) is 23.2 Å². The van der Waals surface area contributed by atoms with Crippen molar-refractivity contribution in [1.29, 1.82) is 0 Å². The zero-order valence-corrected chi connectivity index (χ0v) is 15.2. The second kappa shape index (κ2) is 10.9. The van der Waals surface area contributed by atoms with Crippen LogP contribution in [-0.2, 0) is 11.2 Å². The molecule has 1 aromatic rings. The summed E-state index contributed by atoms with van der Waals surface area (Å²) >= 11 is 0. The molecule has 0 saturated heterocycles. The molecule has 0 aromatic heterocycles. The predicted octanol–water partition coefficient (Wildman–Crippen LogP) is 2.28. The van der Waals surface area contributed by atoms with Gasteiger partial charge in [0.2, 0.25) is 0 Å². The van der Waals surface area contributed by atoms with Crippen molar-refractivity contribution in [3.8, 4) is 0 Å². The highest BCUT2D eigenvalue weighted by Crippen LogP contribution is 2.08. The zero-order chi connectivity index (χ0) is 14.1. The number of nitrogens with zero attached hydrogens (tertiary/aromatic N) is 1. The van der Waals surface area contributed by atoms with Crippen molar-refractivity contribution in [3.63, 3.8) is 0 Å². The van der Waals surface area contributed by atoms with E-state index in [1.54, 1.807) is 14.2 Å².